The number of aromatic nitrogens is 1. The van der Waals surface area contributed by atoms with Crippen LogP contribution in [0.5, 0.6) is 0 Å². The summed E-state index contributed by atoms with van der Waals surface area (Å²) in [6.45, 7) is 1.80. The van der Waals surface area contributed by atoms with Gasteiger partial charge in [-0.2, -0.15) is 0 Å². The summed E-state index contributed by atoms with van der Waals surface area (Å²) in [5, 5.41) is 0. The second-order valence-electron chi connectivity index (χ2n) is 4.55. The highest BCUT2D eigenvalue weighted by Crippen LogP contribution is 2.18. The SMILES string of the molecule is NCCCN(Cc1cncc(F)c1)c1ccc(F)cc1. The zero-order valence-electron chi connectivity index (χ0n) is 11.1. The standard InChI is InChI=1S/C15H17F2N3/c16-13-2-4-15(5-3-13)20(7-1-6-18)11-12-8-14(17)10-19-9-12/h2-5,8-10H,1,6-7,11,18H2. The topological polar surface area (TPSA) is 42.1 Å². The van der Waals surface area contributed by atoms with Crippen LogP contribution in [0.15, 0.2) is 42.7 Å². The summed E-state index contributed by atoms with van der Waals surface area (Å²) in [7, 11) is 0. The Balaban J connectivity index is 2.16. The van der Waals surface area contributed by atoms with Gasteiger partial charge in [0.2, 0.25) is 0 Å². The number of rotatable bonds is 6. The minimum absolute atomic E-state index is 0.278. The minimum Gasteiger partial charge on any atom is -0.367 e. The number of nitrogens with zero attached hydrogens (tertiary/aromatic N) is 2. The summed E-state index contributed by atoms with van der Waals surface area (Å²) < 4.78 is 26.2. The fraction of sp³-hybridized carbons (Fsp3) is 0.267. The fourth-order valence-electron chi connectivity index (χ4n) is 2.00. The van der Waals surface area contributed by atoms with Gasteiger partial charge >= 0.3 is 0 Å². The van der Waals surface area contributed by atoms with Gasteiger partial charge in [-0.05, 0) is 48.9 Å². The highest BCUT2D eigenvalue weighted by atomic mass is 19.1. The maximum Gasteiger partial charge on any atom is 0.141 e. The summed E-state index contributed by atoms with van der Waals surface area (Å²) in [6.07, 6.45) is 3.60. The molecular weight excluding hydrogens is 260 g/mol. The van der Waals surface area contributed by atoms with Crippen LogP contribution in [-0.2, 0) is 6.54 Å². The molecule has 2 N–H and O–H groups in total. The lowest BCUT2D eigenvalue weighted by molar-refractivity contribution is 0.616. The van der Waals surface area contributed by atoms with Gasteiger partial charge in [-0.15, -0.1) is 0 Å². The van der Waals surface area contributed by atoms with Crippen molar-refractivity contribution >= 4 is 5.69 Å². The van der Waals surface area contributed by atoms with E-state index in [1.165, 1.54) is 24.4 Å². The number of anilines is 1. The number of halogens is 2. The van der Waals surface area contributed by atoms with E-state index >= 15 is 0 Å². The van der Waals surface area contributed by atoms with Crippen LogP contribution in [0.2, 0.25) is 0 Å². The van der Waals surface area contributed by atoms with Gasteiger partial charge < -0.3 is 10.6 Å². The highest BCUT2D eigenvalue weighted by Gasteiger charge is 2.08. The molecule has 0 bridgehead atoms. The minimum atomic E-state index is -0.361. The Labute approximate surface area is 117 Å². The van der Waals surface area contributed by atoms with E-state index in [0.29, 0.717) is 13.1 Å². The van der Waals surface area contributed by atoms with Crippen LogP contribution in [0.1, 0.15) is 12.0 Å². The first-order valence-corrected chi connectivity index (χ1v) is 6.49. The molecule has 0 fully saturated rings. The Morgan fingerprint density at radius 1 is 1.05 bits per heavy atom. The van der Waals surface area contributed by atoms with Crippen LogP contribution in [-0.4, -0.2) is 18.1 Å². The normalized spacial score (nSPS) is 10.6. The van der Waals surface area contributed by atoms with Gasteiger partial charge in [0.05, 0.1) is 6.20 Å². The Morgan fingerprint density at radius 3 is 2.45 bits per heavy atom. The number of hydrogen-bond acceptors (Lipinski definition) is 3. The van der Waals surface area contributed by atoms with E-state index in [1.54, 1.807) is 18.3 Å². The average Bonchev–Trinajstić information content (AvgIpc) is 2.44. The van der Waals surface area contributed by atoms with E-state index in [2.05, 4.69) is 4.98 Å². The van der Waals surface area contributed by atoms with Gasteiger partial charge in [-0.25, -0.2) is 8.78 Å². The Kier molecular flexibility index (Phi) is 5.01. The second-order valence-corrected chi connectivity index (χ2v) is 4.55. The average molecular weight is 277 g/mol. The van der Waals surface area contributed by atoms with Crippen LogP contribution in [0, 0.1) is 11.6 Å². The molecular formula is C15H17F2N3. The quantitative estimate of drug-likeness (QED) is 0.882. The molecule has 1 heterocycles. The van der Waals surface area contributed by atoms with Gasteiger partial charge in [-0.3, -0.25) is 4.98 Å². The van der Waals surface area contributed by atoms with Crippen molar-refractivity contribution in [2.75, 3.05) is 18.0 Å². The van der Waals surface area contributed by atoms with E-state index in [1.807, 2.05) is 4.90 Å². The molecule has 0 amide bonds. The Morgan fingerprint density at radius 2 is 1.80 bits per heavy atom. The van der Waals surface area contributed by atoms with Crippen molar-refractivity contribution in [1.29, 1.82) is 0 Å². The predicted molar refractivity (Wildman–Crippen MR) is 75.3 cm³/mol. The number of benzene rings is 1. The molecule has 1 aromatic heterocycles. The molecule has 20 heavy (non-hydrogen) atoms. The summed E-state index contributed by atoms with van der Waals surface area (Å²) in [5.41, 5.74) is 7.19. The van der Waals surface area contributed by atoms with Gasteiger partial charge in [0.1, 0.15) is 11.6 Å². The molecule has 0 radical (unpaired) electrons. The predicted octanol–water partition coefficient (Wildman–Crippen LogP) is 2.72. The monoisotopic (exact) mass is 277 g/mol. The second kappa shape index (κ2) is 6.96. The van der Waals surface area contributed by atoms with Gasteiger partial charge in [0.25, 0.3) is 0 Å². The first-order chi connectivity index (χ1) is 9.69. The maximum atomic E-state index is 13.2. The molecule has 3 nitrogen and oxygen atoms in total. The number of pyridine rings is 1. The molecule has 2 aromatic rings. The van der Waals surface area contributed by atoms with Crippen LogP contribution in [0.3, 0.4) is 0 Å². The molecule has 0 saturated heterocycles. The lowest BCUT2D eigenvalue weighted by atomic mass is 10.2. The number of hydrogen-bond donors (Lipinski definition) is 1. The maximum absolute atomic E-state index is 13.2. The van der Waals surface area contributed by atoms with Crippen LogP contribution < -0.4 is 10.6 Å². The fourth-order valence-corrected chi connectivity index (χ4v) is 2.00. The molecule has 106 valence electrons. The van der Waals surface area contributed by atoms with E-state index < -0.39 is 0 Å². The third kappa shape index (κ3) is 3.99. The molecule has 0 aliphatic rings. The van der Waals surface area contributed by atoms with Crippen molar-refractivity contribution in [3.63, 3.8) is 0 Å². The molecule has 0 aliphatic heterocycles. The highest BCUT2D eigenvalue weighted by molar-refractivity contribution is 5.46. The molecule has 0 saturated carbocycles. The first-order valence-electron chi connectivity index (χ1n) is 6.49. The van der Waals surface area contributed by atoms with Crippen molar-refractivity contribution in [3.8, 4) is 0 Å². The van der Waals surface area contributed by atoms with Crippen molar-refractivity contribution in [3.05, 3.63) is 59.9 Å². The van der Waals surface area contributed by atoms with E-state index in [9.17, 15) is 8.78 Å². The molecule has 0 atom stereocenters. The molecule has 1 aromatic carbocycles. The zero-order valence-corrected chi connectivity index (χ0v) is 11.1. The van der Waals surface area contributed by atoms with Gasteiger partial charge in [-0.1, -0.05) is 0 Å². The van der Waals surface area contributed by atoms with Crippen molar-refractivity contribution in [2.45, 2.75) is 13.0 Å². The summed E-state index contributed by atoms with van der Waals surface area (Å²) >= 11 is 0. The van der Waals surface area contributed by atoms with E-state index in [0.717, 1.165) is 24.2 Å². The van der Waals surface area contributed by atoms with Crippen molar-refractivity contribution < 1.29 is 8.78 Å². The molecule has 0 aliphatic carbocycles. The molecule has 2 rings (SSSR count). The molecule has 5 heteroatoms. The Bertz CT molecular complexity index is 543. The van der Waals surface area contributed by atoms with Crippen LogP contribution in [0.4, 0.5) is 14.5 Å². The third-order valence-electron chi connectivity index (χ3n) is 2.96. The summed E-state index contributed by atoms with van der Waals surface area (Å²) in [5.74, 6) is -0.639. The van der Waals surface area contributed by atoms with Crippen molar-refractivity contribution in [1.82, 2.24) is 4.98 Å². The Hall–Kier alpha value is -2.01. The number of nitrogens with two attached hydrogens (primary N) is 1. The van der Waals surface area contributed by atoms with E-state index in [4.69, 9.17) is 5.73 Å². The van der Waals surface area contributed by atoms with Gasteiger partial charge in [0.15, 0.2) is 0 Å². The van der Waals surface area contributed by atoms with Crippen molar-refractivity contribution in [2.24, 2.45) is 5.73 Å². The summed E-state index contributed by atoms with van der Waals surface area (Å²) in [6, 6.07) is 7.69. The van der Waals surface area contributed by atoms with Crippen LogP contribution in [0.25, 0.3) is 0 Å². The van der Waals surface area contributed by atoms with Crippen LogP contribution >= 0.6 is 0 Å². The van der Waals surface area contributed by atoms with Gasteiger partial charge in [0, 0.05) is 25.0 Å². The smallest absolute Gasteiger partial charge is 0.141 e. The molecule has 0 unspecified atom stereocenters. The zero-order chi connectivity index (χ0) is 14.4. The third-order valence-corrected chi connectivity index (χ3v) is 2.96. The lowest BCUT2D eigenvalue weighted by Crippen LogP contribution is -2.25. The first kappa shape index (κ1) is 14.4. The largest absolute Gasteiger partial charge is 0.367 e. The van der Waals surface area contributed by atoms with E-state index in [-0.39, 0.29) is 11.6 Å². The molecule has 0 spiro atoms. The lowest BCUT2D eigenvalue weighted by Gasteiger charge is -2.24. The summed E-state index contributed by atoms with van der Waals surface area (Å²) in [4.78, 5) is 5.87.